The molecule has 25 heavy (non-hydrogen) atoms. The fourth-order valence-electron chi connectivity index (χ4n) is 2.98. The number of nitrogens with one attached hydrogen (secondary N) is 1. The SMILES string of the molecule is COc1ccc(C(C)N2CCN(C(=O)CC(=O)NN)CC2)cc1OC. The molecule has 2 amide bonds. The number of benzene rings is 1. The van der Waals surface area contributed by atoms with Gasteiger partial charge in [0.05, 0.1) is 14.2 Å². The molecule has 0 saturated carbocycles. The third-order valence-electron chi connectivity index (χ3n) is 4.58. The van der Waals surface area contributed by atoms with Gasteiger partial charge in [0.2, 0.25) is 11.8 Å². The number of carbonyl (C=O) groups is 2. The standard InChI is InChI=1S/C17H26N4O4/c1-12(13-4-5-14(24-2)15(10-13)25-3)20-6-8-21(9-7-20)17(23)11-16(22)19-18/h4-5,10,12H,6-9,11,18H2,1-3H3,(H,19,22). The van der Waals surface area contributed by atoms with Crippen LogP contribution < -0.4 is 20.7 Å². The number of hydrogen-bond donors (Lipinski definition) is 2. The third-order valence-corrected chi connectivity index (χ3v) is 4.58. The monoisotopic (exact) mass is 350 g/mol. The molecule has 1 unspecified atom stereocenters. The number of ether oxygens (including phenoxy) is 2. The fourth-order valence-corrected chi connectivity index (χ4v) is 2.98. The first-order valence-electron chi connectivity index (χ1n) is 8.23. The second-order valence-corrected chi connectivity index (χ2v) is 5.95. The zero-order valence-corrected chi connectivity index (χ0v) is 14.9. The Hall–Kier alpha value is -2.32. The molecule has 1 atom stereocenters. The number of methoxy groups -OCH3 is 2. The summed E-state index contributed by atoms with van der Waals surface area (Å²) in [6.07, 6.45) is -0.207. The summed E-state index contributed by atoms with van der Waals surface area (Å²) in [5.74, 6) is 5.77. The Bertz CT molecular complexity index is 615. The number of rotatable bonds is 6. The van der Waals surface area contributed by atoms with E-state index in [1.54, 1.807) is 19.1 Å². The highest BCUT2D eigenvalue weighted by Gasteiger charge is 2.26. The molecule has 1 aromatic carbocycles. The van der Waals surface area contributed by atoms with Crippen LogP contribution in [0, 0.1) is 0 Å². The highest BCUT2D eigenvalue weighted by molar-refractivity contribution is 5.96. The lowest BCUT2D eigenvalue weighted by Crippen LogP contribution is -2.50. The minimum atomic E-state index is -0.467. The molecule has 1 heterocycles. The van der Waals surface area contributed by atoms with Crippen molar-refractivity contribution in [2.45, 2.75) is 19.4 Å². The molecule has 0 aromatic heterocycles. The van der Waals surface area contributed by atoms with E-state index in [0.717, 1.165) is 18.7 Å². The lowest BCUT2D eigenvalue weighted by Gasteiger charge is -2.38. The van der Waals surface area contributed by atoms with Crippen molar-refractivity contribution in [1.29, 1.82) is 0 Å². The predicted molar refractivity (Wildman–Crippen MR) is 93.1 cm³/mol. The molecule has 1 aliphatic rings. The van der Waals surface area contributed by atoms with Crippen molar-refractivity contribution < 1.29 is 19.1 Å². The number of hydrazine groups is 1. The van der Waals surface area contributed by atoms with E-state index in [1.165, 1.54) is 0 Å². The van der Waals surface area contributed by atoms with Crippen molar-refractivity contribution in [1.82, 2.24) is 15.2 Å². The first-order valence-corrected chi connectivity index (χ1v) is 8.23. The molecule has 1 fully saturated rings. The van der Waals surface area contributed by atoms with Gasteiger partial charge in [0.15, 0.2) is 11.5 Å². The highest BCUT2D eigenvalue weighted by atomic mass is 16.5. The zero-order valence-electron chi connectivity index (χ0n) is 14.9. The molecular formula is C17H26N4O4. The molecule has 138 valence electrons. The normalized spacial score (nSPS) is 16.2. The first kappa shape index (κ1) is 19.0. The number of amides is 2. The first-order chi connectivity index (χ1) is 12.0. The van der Waals surface area contributed by atoms with Gasteiger partial charge in [0.25, 0.3) is 0 Å². The Labute approximate surface area is 147 Å². The van der Waals surface area contributed by atoms with Gasteiger partial charge >= 0.3 is 0 Å². The van der Waals surface area contributed by atoms with E-state index in [4.69, 9.17) is 15.3 Å². The van der Waals surface area contributed by atoms with Crippen LogP contribution in [0.25, 0.3) is 0 Å². The van der Waals surface area contributed by atoms with Crippen molar-refractivity contribution >= 4 is 11.8 Å². The summed E-state index contributed by atoms with van der Waals surface area (Å²) in [7, 11) is 3.23. The second kappa shape index (κ2) is 8.68. The minimum absolute atomic E-state index is 0.185. The van der Waals surface area contributed by atoms with Gasteiger partial charge in [0, 0.05) is 32.2 Å². The molecule has 0 radical (unpaired) electrons. The second-order valence-electron chi connectivity index (χ2n) is 5.95. The quantitative estimate of drug-likeness (QED) is 0.331. The molecular weight excluding hydrogens is 324 g/mol. The number of piperazine rings is 1. The zero-order chi connectivity index (χ0) is 18.4. The van der Waals surface area contributed by atoms with Gasteiger partial charge in [-0.05, 0) is 24.6 Å². The van der Waals surface area contributed by atoms with Gasteiger partial charge < -0.3 is 14.4 Å². The third kappa shape index (κ3) is 4.61. The Kier molecular flexibility index (Phi) is 6.60. The summed E-state index contributed by atoms with van der Waals surface area (Å²) in [6, 6.07) is 6.09. The van der Waals surface area contributed by atoms with Gasteiger partial charge in [-0.3, -0.25) is 19.9 Å². The van der Waals surface area contributed by atoms with Crippen molar-refractivity contribution in [3.05, 3.63) is 23.8 Å². The summed E-state index contributed by atoms with van der Waals surface area (Å²) < 4.78 is 10.6. The molecule has 0 bridgehead atoms. The van der Waals surface area contributed by atoms with Crippen LogP contribution in [-0.4, -0.2) is 62.0 Å². The maximum absolute atomic E-state index is 12.0. The number of hydrogen-bond acceptors (Lipinski definition) is 6. The molecule has 1 aliphatic heterocycles. The molecule has 0 spiro atoms. The van der Waals surface area contributed by atoms with Gasteiger partial charge in [-0.2, -0.15) is 0 Å². The van der Waals surface area contributed by atoms with E-state index in [-0.39, 0.29) is 18.4 Å². The van der Waals surface area contributed by atoms with Crippen molar-refractivity contribution in [2.75, 3.05) is 40.4 Å². The Morgan fingerprint density at radius 1 is 1.16 bits per heavy atom. The summed E-state index contributed by atoms with van der Waals surface area (Å²) in [5, 5.41) is 0. The van der Waals surface area contributed by atoms with Gasteiger partial charge in [-0.1, -0.05) is 6.07 Å². The van der Waals surface area contributed by atoms with E-state index in [0.29, 0.717) is 24.6 Å². The minimum Gasteiger partial charge on any atom is -0.493 e. The topological polar surface area (TPSA) is 97.1 Å². The molecule has 0 aliphatic carbocycles. The van der Waals surface area contributed by atoms with E-state index < -0.39 is 5.91 Å². The van der Waals surface area contributed by atoms with Crippen LogP contribution >= 0.6 is 0 Å². The van der Waals surface area contributed by atoms with Crippen LogP contribution in [0.3, 0.4) is 0 Å². The Morgan fingerprint density at radius 3 is 2.36 bits per heavy atom. The van der Waals surface area contributed by atoms with Crippen molar-refractivity contribution in [3.8, 4) is 11.5 Å². The Morgan fingerprint density at radius 2 is 1.80 bits per heavy atom. The molecule has 1 saturated heterocycles. The van der Waals surface area contributed by atoms with E-state index in [9.17, 15) is 9.59 Å². The van der Waals surface area contributed by atoms with Gasteiger partial charge in [0.1, 0.15) is 6.42 Å². The highest BCUT2D eigenvalue weighted by Crippen LogP contribution is 2.32. The molecule has 8 nitrogen and oxygen atoms in total. The summed E-state index contributed by atoms with van der Waals surface area (Å²) in [5.41, 5.74) is 3.11. The van der Waals surface area contributed by atoms with Crippen LogP contribution in [0.2, 0.25) is 0 Å². The number of carbonyl (C=O) groups excluding carboxylic acids is 2. The maximum Gasteiger partial charge on any atom is 0.243 e. The smallest absolute Gasteiger partial charge is 0.243 e. The molecule has 2 rings (SSSR count). The lowest BCUT2D eigenvalue weighted by molar-refractivity contribution is -0.137. The summed E-state index contributed by atoms with van der Waals surface area (Å²) >= 11 is 0. The number of nitrogens with two attached hydrogens (primary N) is 1. The van der Waals surface area contributed by atoms with E-state index in [2.05, 4.69) is 11.8 Å². The summed E-state index contributed by atoms with van der Waals surface area (Å²) in [6.45, 7) is 4.79. The van der Waals surface area contributed by atoms with Crippen LogP contribution in [-0.2, 0) is 9.59 Å². The van der Waals surface area contributed by atoms with Gasteiger partial charge in [-0.15, -0.1) is 0 Å². The molecule has 3 N–H and O–H groups in total. The maximum atomic E-state index is 12.0. The van der Waals surface area contributed by atoms with Crippen LogP contribution in [0.4, 0.5) is 0 Å². The van der Waals surface area contributed by atoms with E-state index in [1.807, 2.05) is 23.6 Å². The molecule has 8 heteroatoms. The van der Waals surface area contributed by atoms with Gasteiger partial charge in [-0.25, -0.2) is 5.84 Å². The lowest BCUT2D eigenvalue weighted by atomic mass is 10.1. The average Bonchev–Trinajstić information content (AvgIpc) is 2.66. The van der Waals surface area contributed by atoms with E-state index >= 15 is 0 Å². The van der Waals surface area contributed by atoms with Crippen molar-refractivity contribution in [3.63, 3.8) is 0 Å². The molecule has 1 aromatic rings. The predicted octanol–water partition coefficient (Wildman–Crippen LogP) is 0.289. The summed E-state index contributed by atoms with van der Waals surface area (Å²) in [4.78, 5) is 27.2. The largest absolute Gasteiger partial charge is 0.493 e. The van der Waals surface area contributed by atoms with Crippen molar-refractivity contribution in [2.24, 2.45) is 5.84 Å². The Balaban J connectivity index is 1.96. The van der Waals surface area contributed by atoms with Crippen LogP contribution in [0.1, 0.15) is 24.9 Å². The number of nitrogens with zero attached hydrogens (tertiary/aromatic N) is 2. The van der Waals surface area contributed by atoms with Crippen LogP contribution in [0.5, 0.6) is 11.5 Å². The average molecular weight is 350 g/mol. The van der Waals surface area contributed by atoms with Crippen LogP contribution in [0.15, 0.2) is 18.2 Å². The fraction of sp³-hybridized carbons (Fsp3) is 0.529.